The third-order valence-electron chi connectivity index (χ3n) is 6.36. The minimum absolute atomic E-state index is 0.0774. The molecule has 1 heterocycles. The van der Waals surface area contributed by atoms with Gasteiger partial charge in [0.1, 0.15) is 6.61 Å². The summed E-state index contributed by atoms with van der Waals surface area (Å²) in [5, 5.41) is 0. The molecule has 0 aromatic heterocycles. The van der Waals surface area contributed by atoms with Crippen LogP contribution < -0.4 is 0 Å². The van der Waals surface area contributed by atoms with E-state index in [0.717, 1.165) is 0 Å². The molecule has 9 nitrogen and oxygen atoms in total. The maximum absolute atomic E-state index is 13.2. The van der Waals surface area contributed by atoms with Crippen LogP contribution >= 0.6 is 0 Å². The van der Waals surface area contributed by atoms with Crippen LogP contribution in [0, 0.1) is 0 Å². The second kappa shape index (κ2) is 13.8. The van der Waals surface area contributed by atoms with E-state index in [1.807, 2.05) is 0 Å². The van der Waals surface area contributed by atoms with Crippen LogP contribution in [0.15, 0.2) is 133 Å². The van der Waals surface area contributed by atoms with Gasteiger partial charge in [-0.05, 0) is 48.5 Å². The van der Waals surface area contributed by atoms with Gasteiger partial charge in [-0.2, -0.15) is 0 Å². The SMILES string of the molecule is O=C(OCC1=C(OC(=O)c2ccccc2)[C@H](OC(=O)c2ccccc2)[C@@H](OC(=O)c2ccccc2)CO1)c1ccccc1. The first kappa shape index (κ1) is 28.8. The van der Waals surface area contributed by atoms with Crippen molar-refractivity contribution in [2.45, 2.75) is 12.2 Å². The summed E-state index contributed by atoms with van der Waals surface area (Å²) in [4.78, 5) is 52.1. The Kier molecular flexibility index (Phi) is 9.23. The average molecular weight is 579 g/mol. The van der Waals surface area contributed by atoms with Gasteiger partial charge in [-0.1, -0.05) is 72.8 Å². The van der Waals surface area contributed by atoms with Crippen molar-refractivity contribution in [1.29, 1.82) is 0 Å². The third-order valence-corrected chi connectivity index (χ3v) is 6.36. The van der Waals surface area contributed by atoms with E-state index in [0.29, 0.717) is 5.56 Å². The van der Waals surface area contributed by atoms with Crippen molar-refractivity contribution in [3.63, 3.8) is 0 Å². The largest absolute Gasteiger partial charge is 0.487 e. The highest BCUT2D eigenvalue weighted by molar-refractivity contribution is 5.92. The van der Waals surface area contributed by atoms with Crippen molar-refractivity contribution in [3.8, 4) is 0 Å². The first-order valence-electron chi connectivity index (χ1n) is 13.4. The molecule has 5 rings (SSSR count). The van der Waals surface area contributed by atoms with Crippen LogP contribution in [0.3, 0.4) is 0 Å². The summed E-state index contributed by atoms with van der Waals surface area (Å²) in [6.45, 7) is -0.736. The summed E-state index contributed by atoms with van der Waals surface area (Å²) in [6.07, 6.45) is -2.64. The average Bonchev–Trinajstić information content (AvgIpc) is 3.07. The van der Waals surface area contributed by atoms with Gasteiger partial charge in [0.05, 0.1) is 22.3 Å². The number of carbonyl (C=O) groups excluding carboxylic acids is 4. The Balaban J connectivity index is 1.49. The molecule has 0 unspecified atom stereocenters. The van der Waals surface area contributed by atoms with Crippen LogP contribution in [0.5, 0.6) is 0 Å². The Morgan fingerprint density at radius 1 is 0.558 bits per heavy atom. The zero-order valence-corrected chi connectivity index (χ0v) is 22.8. The van der Waals surface area contributed by atoms with Gasteiger partial charge in [-0.3, -0.25) is 0 Å². The predicted molar refractivity (Wildman–Crippen MR) is 153 cm³/mol. The van der Waals surface area contributed by atoms with E-state index in [1.165, 1.54) is 0 Å². The van der Waals surface area contributed by atoms with E-state index in [2.05, 4.69) is 0 Å². The number of esters is 4. The first-order chi connectivity index (χ1) is 21.0. The standard InChI is InChI=1S/C34H26O9/c35-31(23-13-5-1-6-14-23)40-21-27-29(42-33(37)25-17-9-3-10-18-25)30(43-34(38)26-19-11-4-12-20-26)28(22-39-27)41-32(36)24-15-7-2-8-16-24/h1-20,28,30H,21-22H2/t28-,30+/m0/s1. The molecular formula is C34H26O9. The third kappa shape index (κ3) is 7.34. The molecule has 0 N–H and O–H groups in total. The lowest BCUT2D eigenvalue weighted by Crippen LogP contribution is -2.45. The van der Waals surface area contributed by atoms with Gasteiger partial charge in [0, 0.05) is 0 Å². The molecule has 1 aliphatic heterocycles. The first-order valence-corrected chi connectivity index (χ1v) is 13.4. The number of hydrogen-bond donors (Lipinski definition) is 0. The lowest BCUT2D eigenvalue weighted by molar-refractivity contribution is -0.0810. The number of rotatable bonds is 9. The quantitative estimate of drug-likeness (QED) is 0.190. The van der Waals surface area contributed by atoms with Gasteiger partial charge in [0.2, 0.25) is 6.10 Å². The Labute approximate surface area is 247 Å². The van der Waals surface area contributed by atoms with Crippen molar-refractivity contribution in [1.82, 2.24) is 0 Å². The number of carbonyl (C=O) groups is 4. The van der Waals surface area contributed by atoms with Gasteiger partial charge in [0.15, 0.2) is 24.2 Å². The molecule has 0 radical (unpaired) electrons. The minimum atomic E-state index is -1.42. The van der Waals surface area contributed by atoms with Gasteiger partial charge in [0.25, 0.3) is 0 Å². The monoisotopic (exact) mass is 578 g/mol. The topological polar surface area (TPSA) is 114 Å². The second-order valence-electron chi connectivity index (χ2n) is 9.30. The van der Waals surface area contributed by atoms with E-state index in [9.17, 15) is 19.2 Å². The minimum Gasteiger partial charge on any atom is -0.487 e. The van der Waals surface area contributed by atoms with Crippen LogP contribution in [0.2, 0.25) is 0 Å². The highest BCUT2D eigenvalue weighted by Gasteiger charge is 2.42. The zero-order valence-electron chi connectivity index (χ0n) is 22.8. The molecule has 0 fully saturated rings. The summed E-state index contributed by atoms with van der Waals surface area (Å²) in [7, 11) is 0. The molecule has 0 aliphatic carbocycles. The Morgan fingerprint density at radius 3 is 1.47 bits per heavy atom. The fourth-order valence-corrected chi connectivity index (χ4v) is 4.18. The van der Waals surface area contributed by atoms with Crippen molar-refractivity contribution >= 4 is 23.9 Å². The van der Waals surface area contributed by atoms with Crippen LogP contribution in [-0.2, 0) is 23.7 Å². The highest BCUT2D eigenvalue weighted by Crippen LogP contribution is 2.29. The molecule has 4 aromatic rings. The molecule has 216 valence electrons. The maximum Gasteiger partial charge on any atom is 0.343 e. The zero-order chi connectivity index (χ0) is 30.0. The lowest BCUT2D eigenvalue weighted by Gasteiger charge is -2.33. The fraction of sp³-hybridized carbons (Fsp3) is 0.118. The molecule has 2 atom stereocenters. The van der Waals surface area contributed by atoms with Crippen LogP contribution in [0.1, 0.15) is 41.4 Å². The molecule has 0 saturated carbocycles. The summed E-state index contributed by atoms with van der Waals surface area (Å²) in [5.74, 6) is -3.25. The number of hydrogen-bond acceptors (Lipinski definition) is 9. The van der Waals surface area contributed by atoms with Crippen molar-refractivity contribution < 1.29 is 42.9 Å². The predicted octanol–water partition coefficient (Wildman–Crippen LogP) is 5.39. The van der Waals surface area contributed by atoms with Crippen LogP contribution in [0.4, 0.5) is 0 Å². The van der Waals surface area contributed by atoms with Crippen molar-refractivity contribution in [2.24, 2.45) is 0 Å². The summed E-state index contributed by atoms with van der Waals surface area (Å²) in [5.41, 5.74) is 0.966. The Hall–Kier alpha value is -5.70. The van der Waals surface area contributed by atoms with Gasteiger partial charge in [-0.25, -0.2) is 19.2 Å². The molecule has 43 heavy (non-hydrogen) atoms. The molecule has 0 amide bonds. The van der Waals surface area contributed by atoms with Crippen LogP contribution in [0.25, 0.3) is 0 Å². The molecule has 4 aromatic carbocycles. The molecule has 1 aliphatic rings. The molecule has 9 heteroatoms. The second-order valence-corrected chi connectivity index (χ2v) is 9.30. The molecule has 0 spiro atoms. The number of ether oxygens (including phenoxy) is 5. The number of benzene rings is 4. The summed E-state index contributed by atoms with van der Waals surface area (Å²) in [6, 6.07) is 32.8. The van der Waals surface area contributed by atoms with E-state index >= 15 is 0 Å². The van der Waals surface area contributed by atoms with Gasteiger partial charge in [-0.15, -0.1) is 0 Å². The highest BCUT2D eigenvalue weighted by atomic mass is 16.6. The smallest absolute Gasteiger partial charge is 0.343 e. The van der Waals surface area contributed by atoms with Gasteiger partial charge >= 0.3 is 23.9 Å². The lowest BCUT2D eigenvalue weighted by atomic mass is 10.1. The Bertz CT molecular complexity index is 1600. The van der Waals surface area contributed by atoms with Crippen LogP contribution in [-0.4, -0.2) is 49.3 Å². The normalized spacial score (nSPS) is 15.9. The van der Waals surface area contributed by atoms with Gasteiger partial charge < -0.3 is 23.7 Å². The van der Waals surface area contributed by atoms with E-state index in [4.69, 9.17) is 23.7 Å². The van der Waals surface area contributed by atoms with E-state index in [1.54, 1.807) is 121 Å². The molecule has 0 saturated heterocycles. The fourth-order valence-electron chi connectivity index (χ4n) is 4.18. The Morgan fingerprint density at radius 2 is 0.977 bits per heavy atom. The molecule has 0 bridgehead atoms. The maximum atomic E-state index is 13.2. The van der Waals surface area contributed by atoms with Crippen molar-refractivity contribution in [3.05, 3.63) is 155 Å². The summed E-state index contributed by atoms with van der Waals surface area (Å²) >= 11 is 0. The van der Waals surface area contributed by atoms with E-state index < -0.39 is 42.7 Å². The molecular weight excluding hydrogens is 552 g/mol. The summed E-state index contributed by atoms with van der Waals surface area (Å²) < 4.78 is 28.6. The van der Waals surface area contributed by atoms with Crippen molar-refractivity contribution in [2.75, 3.05) is 13.2 Å². The van der Waals surface area contributed by atoms with E-state index in [-0.39, 0.29) is 34.8 Å².